The second kappa shape index (κ2) is 7.20. The molecule has 0 bridgehead atoms. The van der Waals surface area contributed by atoms with Crippen LogP contribution in [0.4, 0.5) is 0 Å². The zero-order valence-electron chi connectivity index (χ0n) is 16.1. The monoisotopic (exact) mass is 370 g/mol. The molecule has 4 nitrogen and oxygen atoms in total. The van der Waals surface area contributed by atoms with Crippen molar-refractivity contribution >= 4 is 28.2 Å². The molecule has 0 amide bonds. The standard InChI is InChI=1S/C21H30N4S/c1-4-24(5-2)21(26)23-15-11-17-16-8-7-9-18-20(16)14(12-22-18)10-19(17)25(6-3)13-15/h7-9,12,15,17,19,22H,4-6,10-11,13H2,1-3H3,(H,23,26)/t15-,17+,19+/m0/s1. The minimum atomic E-state index is 0.417. The van der Waals surface area contributed by atoms with Crippen LogP contribution in [-0.2, 0) is 6.42 Å². The normalized spacial score (nSPS) is 25.1. The van der Waals surface area contributed by atoms with Gasteiger partial charge in [0.05, 0.1) is 0 Å². The molecule has 4 rings (SSSR count). The van der Waals surface area contributed by atoms with E-state index in [-0.39, 0.29) is 0 Å². The van der Waals surface area contributed by atoms with Gasteiger partial charge in [-0.1, -0.05) is 19.1 Å². The summed E-state index contributed by atoms with van der Waals surface area (Å²) in [5.74, 6) is 0.577. The summed E-state index contributed by atoms with van der Waals surface area (Å²) in [4.78, 5) is 8.37. The fraction of sp³-hybridized carbons (Fsp3) is 0.571. The van der Waals surface area contributed by atoms with Crippen LogP contribution < -0.4 is 5.32 Å². The molecular weight excluding hydrogens is 340 g/mol. The number of fused-ring (bicyclic) bond motifs is 2. The van der Waals surface area contributed by atoms with Crippen molar-refractivity contribution in [3.05, 3.63) is 35.5 Å². The molecular formula is C21H30N4S. The molecule has 0 spiro atoms. The molecule has 0 unspecified atom stereocenters. The smallest absolute Gasteiger partial charge is 0.169 e. The maximum absolute atomic E-state index is 5.68. The van der Waals surface area contributed by atoms with Gasteiger partial charge in [-0.2, -0.15) is 0 Å². The van der Waals surface area contributed by atoms with Gasteiger partial charge in [-0.15, -0.1) is 0 Å². The number of aromatic amines is 1. The Kier molecular flexibility index (Phi) is 4.93. The molecule has 3 atom stereocenters. The number of rotatable bonds is 4. The number of aromatic nitrogens is 1. The number of H-pyrrole nitrogens is 1. The molecule has 26 heavy (non-hydrogen) atoms. The van der Waals surface area contributed by atoms with Crippen LogP contribution in [0.25, 0.3) is 10.9 Å². The predicted molar refractivity (Wildman–Crippen MR) is 113 cm³/mol. The highest BCUT2D eigenvalue weighted by Gasteiger charge is 2.40. The third-order valence-electron chi connectivity index (χ3n) is 6.36. The van der Waals surface area contributed by atoms with Crippen molar-refractivity contribution in [3.8, 4) is 0 Å². The third kappa shape index (κ3) is 2.91. The average molecular weight is 371 g/mol. The van der Waals surface area contributed by atoms with Crippen molar-refractivity contribution in [2.24, 2.45) is 0 Å². The second-order valence-electron chi connectivity index (χ2n) is 7.60. The molecule has 1 aromatic carbocycles. The van der Waals surface area contributed by atoms with Gasteiger partial charge in [-0.3, -0.25) is 4.90 Å². The Balaban J connectivity index is 1.62. The molecule has 1 aromatic heterocycles. The van der Waals surface area contributed by atoms with Gasteiger partial charge in [0.15, 0.2) is 5.11 Å². The van der Waals surface area contributed by atoms with Gasteiger partial charge in [0.1, 0.15) is 0 Å². The number of benzene rings is 1. The topological polar surface area (TPSA) is 34.3 Å². The number of piperidine rings is 1. The summed E-state index contributed by atoms with van der Waals surface area (Å²) < 4.78 is 0. The summed E-state index contributed by atoms with van der Waals surface area (Å²) in [5, 5.41) is 6.05. The summed E-state index contributed by atoms with van der Waals surface area (Å²) in [6, 6.07) is 7.77. The first kappa shape index (κ1) is 17.8. The summed E-state index contributed by atoms with van der Waals surface area (Å²) in [6.07, 6.45) is 4.53. The van der Waals surface area contributed by atoms with E-state index in [9.17, 15) is 0 Å². The maximum atomic E-state index is 5.68. The number of hydrogen-bond donors (Lipinski definition) is 2. The number of likely N-dealkylation sites (N-methyl/N-ethyl adjacent to an activating group) is 1. The van der Waals surface area contributed by atoms with E-state index in [1.807, 2.05) is 0 Å². The van der Waals surface area contributed by atoms with Crippen molar-refractivity contribution in [3.63, 3.8) is 0 Å². The lowest BCUT2D eigenvalue weighted by molar-refractivity contribution is 0.110. The van der Waals surface area contributed by atoms with Crippen LogP contribution in [0.2, 0.25) is 0 Å². The molecule has 140 valence electrons. The Bertz CT molecular complexity index is 794. The van der Waals surface area contributed by atoms with Crippen LogP contribution in [0.5, 0.6) is 0 Å². The minimum Gasteiger partial charge on any atom is -0.361 e. The highest BCUT2D eigenvalue weighted by molar-refractivity contribution is 7.80. The average Bonchev–Trinajstić information content (AvgIpc) is 3.07. The molecule has 0 saturated carbocycles. The fourth-order valence-corrected chi connectivity index (χ4v) is 5.47. The van der Waals surface area contributed by atoms with Crippen LogP contribution in [-0.4, -0.2) is 58.2 Å². The number of nitrogens with one attached hydrogen (secondary N) is 2. The molecule has 1 aliphatic heterocycles. The second-order valence-corrected chi connectivity index (χ2v) is 7.99. The third-order valence-corrected chi connectivity index (χ3v) is 6.74. The van der Waals surface area contributed by atoms with Crippen molar-refractivity contribution in [2.75, 3.05) is 26.2 Å². The number of likely N-dealkylation sites (tertiary alicyclic amines) is 1. The molecule has 1 aliphatic carbocycles. The van der Waals surface area contributed by atoms with E-state index >= 15 is 0 Å². The maximum Gasteiger partial charge on any atom is 0.169 e. The lowest BCUT2D eigenvalue weighted by Gasteiger charge is -2.47. The van der Waals surface area contributed by atoms with Crippen LogP contribution in [0.1, 0.15) is 44.2 Å². The quantitative estimate of drug-likeness (QED) is 0.808. The van der Waals surface area contributed by atoms with Gasteiger partial charge in [-0.05, 0) is 62.6 Å². The Morgan fingerprint density at radius 3 is 2.85 bits per heavy atom. The Labute approximate surface area is 161 Å². The predicted octanol–water partition coefficient (Wildman–Crippen LogP) is 3.49. The molecule has 1 saturated heterocycles. The molecule has 5 heteroatoms. The van der Waals surface area contributed by atoms with Gasteiger partial charge < -0.3 is 15.2 Å². The van der Waals surface area contributed by atoms with Crippen molar-refractivity contribution < 1.29 is 0 Å². The van der Waals surface area contributed by atoms with Gasteiger partial charge in [0.25, 0.3) is 0 Å². The molecule has 2 heterocycles. The lowest BCUT2D eigenvalue weighted by atomic mass is 9.74. The summed E-state index contributed by atoms with van der Waals surface area (Å²) in [7, 11) is 0. The van der Waals surface area contributed by atoms with Gasteiger partial charge in [0.2, 0.25) is 0 Å². The van der Waals surface area contributed by atoms with Gasteiger partial charge in [-0.25, -0.2) is 0 Å². The molecule has 2 N–H and O–H groups in total. The van der Waals surface area contributed by atoms with E-state index in [4.69, 9.17) is 12.2 Å². The van der Waals surface area contributed by atoms with Crippen molar-refractivity contribution in [2.45, 2.75) is 51.6 Å². The zero-order valence-corrected chi connectivity index (χ0v) is 16.9. The number of hydrogen-bond acceptors (Lipinski definition) is 2. The lowest BCUT2D eigenvalue weighted by Crippen LogP contribution is -2.57. The van der Waals surface area contributed by atoms with Crippen molar-refractivity contribution in [1.82, 2.24) is 20.1 Å². The highest BCUT2D eigenvalue weighted by Crippen LogP contribution is 2.43. The van der Waals surface area contributed by atoms with E-state index in [0.717, 1.165) is 44.1 Å². The SMILES string of the molecule is CCN(CC)C(=S)N[C@H]1C[C@@H]2c3cccc4[nH]cc(c34)C[C@H]2N(CC)C1. The first-order chi connectivity index (χ1) is 12.7. The Hall–Kier alpha value is -1.59. The number of nitrogens with zero attached hydrogens (tertiary/aromatic N) is 2. The van der Waals surface area contributed by atoms with E-state index in [2.05, 4.69) is 65.3 Å². The van der Waals surface area contributed by atoms with E-state index < -0.39 is 0 Å². The van der Waals surface area contributed by atoms with Crippen LogP contribution in [0.3, 0.4) is 0 Å². The van der Waals surface area contributed by atoms with E-state index in [1.54, 1.807) is 0 Å². The molecule has 2 aromatic rings. The fourth-order valence-electron chi connectivity index (χ4n) is 5.04. The minimum absolute atomic E-state index is 0.417. The molecule has 0 radical (unpaired) electrons. The summed E-state index contributed by atoms with van der Waals surface area (Å²) in [6.45, 7) is 10.7. The zero-order chi connectivity index (χ0) is 18.3. The van der Waals surface area contributed by atoms with Crippen LogP contribution in [0, 0.1) is 0 Å². The first-order valence-corrected chi connectivity index (χ1v) is 10.4. The summed E-state index contributed by atoms with van der Waals surface area (Å²) in [5.41, 5.74) is 4.29. The van der Waals surface area contributed by atoms with Crippen molar-refractivity contribution in [1.29, 1.82) is 0 Å². The Morgan fingerprint density at radius 1 is 1.31 bits per heavy atom. The van der Waals surface area contributed by atoms with Crippen LogP contribution in [0.15, 0.2) is 24.4 Å². The number of thiocarbonyl (C=S) groups is 1. The van der Waals surface area contributed by atoms with Gasteiger partial charge >= 0.3 is 0 Å². The van der Waals surface area contributed by atoms with Crippen LogP contribution >= 0.6 is 12.2 Å². The first-order valence-electron chi connectivity index (χ1n) is 10.0. The summed E-state index contributed by atoms with van der Waals surface area (Å²) >= 11 is 5.68. The molecule has 1 fully saturated rings. The van der Waals surface area contributed by atoms with E-state index in [0.29, 0.717) is 18.0 Å². The van der Waals surface area contributed by atoms with E-state index in [1.165, 1.54) is 22.0 Å². The Morgan fingerprint density at radius 2 is 2.12 bits per heavy atom. The largest absolute Gasteiger partial charge is 0.361 e. The van der Waals surface area contributed by atoms with Gasteiger partial charge in [0, 0.05) is 54.7 Å². The highest BCUT2D eigenvalue weighted by atomic mass is 32.1. The molecule has 2 aliphatic rings.